The van der Waals surface area contributed by atoms with Gasteiger partial charge in [0.15, 0.2) is 0 Å². The van der Waals surface area contributed by atoms with Gasteiger partial charge in [-0.1, -0.05) is 12.1 Å². The zero-order valence-electron chi connectivity index (χ0n) is 13.2. The van der Waals surface area contributed by atoms with Gasteiger partial charge in [0, 0.05) is 25.9 Å². The van der Waals surface area contributed by atoms with Crippen molar-refractivity contribution < 1.29 is 19.1 Å². The molecule has 3 amide bonds. The van der Waals surface area contributed by atoms with Crippen molar-refractivity contribution in [1.82, 2.24) is 9.80 Å². The van der Waals surface area contributed by atoms with Crippen LogP contribution in [0.5, 0.6) is 5.75 Å². The van der Waals surface area contributed by atoms with Crippen LogP contribution in [0.2, 0.25) is 0 Å². The largest absolute Gasteiger partial charge is 0.494 e. The van der Waals surface area contributed by atoms with Crippen molar-refractivity contribution in [2.24, 2.45) is 0 Å². The first-order valence-corrected chi connectivity index (χ1v) is 7.93. The molecule has 2 fully saturated rings. The molecule has 0 unspecified atom stereocenters. The molecule has 0 bridgehead atoms. The van der Waals surface area contributed by atoms with Crippen molar-refractivity contribution in [3.8, 4) is 5.75 Å². The van der Waals surface area contributed by atoms with Gasteiger partial charge < -0.3 is 9.64 Å². The Kier molecular flexibility index (Phi) is 4.32. The topological polar surface area (TPSA) is 66.9 Å². The van der Waals surface area contributed by atoms with Gasteiger partial charge in [0.25, 0.3) is 0 Å². The molecule has 6 heteroatoms. The van der Waals surface area contributed by atoms with Crippen LogP contribution in [0.1, 0.15) is 25.3 Å². The summed E-state index contributed by atoms with van der Waals surface area (Å²) in [5.74, 6) is 0.584. The average molecular weight is 316 g/mol. The Hall–Kier alpha value is -2.37. The lowest BCUT2D eigenvalue weighted by atomic mass is 10.0. The highest BCUT2D eigenvalue weighted by Crippen LogP contribution is 2.23. The van der Waals surface area contributed by atoms with Crippen LogP contribution in [0.25, 0.3) is 0 Å². The van der Waals surface area contributed by atoms with Gasteiger partial charge in [0.05, 0.1) is 19.1 Å². The maximum Gasteiger partial charge on any atom is 0.230 e. The summed E-state index contributed by atoms with van der Waals surface area (Å²) in [4.78, 5) is 38.6. The van der Waals surface area contributed by atoms with Gasteiger partial charge in [-0.05, 0) is 24.6 Å². The van der Waals surface area contributed by atoms with Gasteiger partial charge in [-0.25, -0.2) is 0 Å². The Balaban J connectivity index is 1.51. The van der Waals surface area contributed by atoms with Crippen LogP contribution in [0.3, 0.4) is 0 Å². The molecule has 0 aliphatic carbocycles. The van der Waals surface area contributed by atoms with Crippen molar-refractivity contribution in [2.45, 2.75) is 32.2 Å². The van der Waals surface area contributed by atoms with Crippen LogP contribution in [-0.4, -0.2) is 53.3 Å². The van der Waals surface area contributed by atoms with Gasteiger partial charge in [0.2, 0.25) is 17.7 Å². The standard InChI is InChI=1S/C17H20N2O4/c1-2-23-14-5-3-12(4-6-14)9-17(22)18-10-13(11-18)19-15(20)7-8-16(19)21/h3-6,13H,2,7-11H2,1H3. The van der Waals surface area contributed by atoms with E-state index in [9.17, 15) is 14.4 Å². The lowest BCUT2D eigenvalue weighted by Crippen LogP contribution is -2.62. The fourth-order valence-electron chi connectivity index (χ4n) is 2.98. The van der Waals surface area contributed by atoms with Crippen molar-refractivity contribution in [1.29, 1.82) is 0 Å². The zero-order chi connectivity index (χ0) is 16.4. The Bertz CT molecular complexity index is 604. The Labute approximate surface area is 135 Å². The van der Waals surface area contributed by atoms with E-state index in [1.54, 1.807) is 4.90 Å². The molecule has 0 N–H and O–H groups in total. The van der Waals surface area contributed by atoms with E-state index in [0.29, 0.717) is 39.0 Å². The molecule has 0 atom stereocenters. The third kappa shape index (κ3) is 3.21. The molecule has 122 valence electrons. The number of hydrogen-bond acceptors (Lipinski definition) is 4. The summed E-state index contributed by atoms with van der Waals surface area (Å²) in [6, 6.07) is 7.34. The number of benzene rings is 1. The minimum absolute atomic E-state index is 0.0181. The van der Waals surface area contributed by atoms with Crippen molar-refractivity contribution in [3.05, 3.63) is 29.8 Å². The minimum atomic E-state index is -0.137. The lowest BCUT2D eigenvalue weighted by Gasteiger charge is -2.43. The SMILES string of the molecule is CCOc1ccc(CC(=O)N2CC(N3C(=O)CCC3=O)C2)cc1. The van der Waals surface area contributed by atoms with Crippen LogP contribution in [0, 0.1) is 0 Å². The lowest BCUT2D eigenvalue weighted by molar-refractivity contribution is -0.151. The molecule has 3 rings (SSSR count). The molecule has 2 heterocycles. The number of hydrogen-bond donors (Lipinski definition) is 0. The molecule has 1 aromatic carbocycles. The summed E-state index contributed by atoms with van der Waals surface area (Å²) >= 11 is 0. The summed E-state index contributed by atoms with van der Waals surface area (Å²) in [5, 5.41) is 0. The summed E-state index contributed by atoms with van der Waals surface area (Å²) in [5.41, 5.74) is 0.926. The zero-order valence-corrected chi connectivity index (χ0v) is 13.2. The van der Waals surface area contributed by atoms with Crippen molar-refractivity contribution in [2.75, 3.05) is 19.7 Å². The molecule has 1 aromatic rings. The Morgan fingerprint density at radius 3 is 2.30 bits per heavy atom. The van der Waals surface area contributed by atoms with E-state index in [2.05, 4.69) is 0 Å². The fraction of sp³-hybridized carbons (Fsp3) is 0.471. The predicted octanol–water partition coefficient (Wildman–Crippen LogP) is 0.988. The number of ether oxygens (including phenoxy) is 1. The molecule has 2 aliphatic rings. The quantitative estimate of drug-likeness (QED) is 0.760. The first-order valence-electron chi connectivity index (χ1n) is 7.93. The number of carbonyl (C=O) groups is 3. The van der Waals surface area contributed by atoms with Gasteiger partial charge in [-0.15, -0.1) is 0 Å². The number of rotatable bonds is 5. The van der Waals surface area contributed by atoms with Crippen LogP contribution in [0.4, 0.5) is 0 Å². The highest BCUT2D eigenvalue weighted by Gasteiger charge is 2.42. The van der Waals surface area contributed by atoms with Gasteiger partial charge >= 0.3 is 0 Å². The molecule has 2 aliphatic heterocycles. The first-order chi connectivity index (χ1) is 11.1. The average Bonchev–Trinajstić information content (AvgIpc) is 2.80. The summed E-state index contributed by atoms with van der Waals surface area (Å²) in [6.45, 7) is 3.44. The van der Waals surface area contributed by atoms with E-state index in [-0.39, 0.29) is 23.8 Å². The fourth-order valence-corrected chi connectivity index (χ4v) is 2.98. The van der Waals surface area contributed by atoms with Crippen LogP contribution in [0.15, 0.2) is 24.3 Å². The summed E-state index contributed by atoms with van der Waals surface area (Å²) < 4.78 is 5.37. The molecular formula is C17H20N2O4. The van der Waals surface area contributed by atoms with Gasteiger partial charge in [0.1, 0.15) is 5.75 Å². The van der Waals surface area contributed by atoms with Crippen LogP contribution in [-0.2, 0) is 20.8 Å². The highest BCUT2D eigenvalue weighted by atomic mass is 16.5. The molecule has 0 radical (unpaired) electrons. The molecule has 6 nitrogen and oxygen atoms in total. The molecule has 2 saturated heterocycles. The molecular weight excluding hydrogens is 296 g/mol. The van der Waals surface area contributed by atoms with Gasteiger partial charge in [-0.3, -0.25) is 19.3 Å². The second-order valence-corrected chi connectivity index (χ2v) is 5.86. The molecule has 0 spiro atoms. The number of carbonyl (C=O) groups excluding carboxylic acids is 3. The molecule has 23 heavy (non-hydrogen) atoms. The smallest absolute Gasteiger partial charge is 0.230 e. The number of amides is 3. The number of imide groups is 1. The van der Waals surface area contributed by atoms with E-state index in [4.69, 9.17) is 4.74 Å². The van der Waals surface area contributed by atoms with E-state index < -0.39 is 0 Å². The Morgan fingerprint density at radius 1 is 1.13 bits per heavy atom. The van der Waals surface area contributed by atoms with Crippen molar-refractivity contribution in [3.63, 3.8) is 0 Å². The van der Waals surface area contributed by atoms with Crippen molar-refractivity contribution >= 4 is 17.7 Å². The van der Waals surface area contributed by atoms with E-state index >= 15 is 0 Å². The Morgan fingerprint density at radius 2 is 1.74 bits per heavy atom. The van der Waals surface area contributed by atoms with Crippen LogP contribution >= 0.6 is 0 Å². The third-order valence-electron chi connectivity index (χ3n) is 4.26. The van der Waals surface area contributed by atoms with E-state index in [0.717, 1.165) is 11.3 Å². The van der Waals surface area contributed by atoms with Gasteiger partial charge in [-0.2, -0.15) is 0 Å². The minimum Gasteiger partial charge on any atom is -0.494 e. The van der Waals surface area contributed by atoms with Crippen LogP contribution < -0.4 is 4.74 Å². The maximum atomic E-state index is 12.2. The first kappa shape index (κ1) is 15.5. The van der Waals surface area contributed by atoms with E-state index in [1.165, 1.54) is 4.90 Å². The second-order valence-electron chi connectivity index (χ2n) is 5.86. The number of likely N-dealkylation sites (tertiary alicyclic amines) is 2. The molecule has 0 saturated carbocycles. The normalized spacial score (nSPS) is 18.3. The highest BCUT2D eigenvalue weighted by molar-refractivity contribution is 6.02. The number of nitrogens with zero attached hydrogens (tertiary/aromatic N) is 2. The van der Waals surface area contributed by atoms with E-state index in [1.807, 2.05) is 31.2 Å². The molecule has 0 aromatic heterocycles. The summed E-state index contributed by atoms with van der Waals surface area (Å²) in [7, 11) is 0. The second kappa shape index (κ2) is 6.40. The predicted molar refractivity (Wildman–Crippen MR) is 82.8 cm³/mol. The monoisotopic (exact) mass is 316 g/mol. The maximum absolute atomic E-state index is 12.2. The summed E-state index contributed by atoms with van der Waals surface area (Å²) in [6.07, 6.45) is 0.923. The third-order valence-corrected chi connectivity index (χ3v) is 4.26.